The number of aromatic amines is 1. The monoisotopic (exact) mass is 448 g/mol. The maximum absolute atomic E-state index is 6.31. The molecule has 0 saturated carbocycles. The average molecular weight is 449 g/mol. The molecule has 5 aromatic carbocycles. The summed E-state index contributed by atoms with van der Waals surface area (Å²) in [6, 6.07) is 38.5. The quantitative estimate of drug-likeness (QED) is 0.282. The Bertz CT molecular complexity index is 2050. The van der Waals surface area contributed by atoms with Gasteiger partial charge in [0.2, 0.25) is 0 Å². The van der Waals surface area contributed by atoms with Crippen LogP contribution in [0.5, 0.6) is 0 Å². The zero-order valence-corrected chi connectivity index (χ0v) is 18.8. The minimum absolute atomic E-state index is 0.924. The molecule has 0 aliphatic carbocycles. The molecular formula is C32H20N2O. The Kier molecular flexibility index (Phi) is 3.66. The average Bonchev–Trinajstić information content (AvgIpc) is 3.61. The van der Waals surface area contributed by atoms with E-state index in [1.54, 1.807) is 0 Å². The third kappa shape index (κ3) is 2.61. The lowest BCUT2D eigenvalue weighted by Gasteiger charge is -2.05. The van der Waals surface area contributed by atoms with Gasteiger partial charge in [-0.15, -0.1) is 0 Å². The maximum Gasteiger partial charge on any atom is 0.143 e. The van der Waals surface area contributed by atoms with Crippen molar-refractivity contribution in [2.75, 3.05) is 0 Å². The van der Waals surface area contributed by atoms with Crippen LogP contribution in [0.3, 0.4) is 0 Å². The van der Waals surface area contributed by atoms with Crippen LogP contribution in [-0.4, -0.2) is 9.55 Å². The zero-order chi connectivity index (χ0) is 22.9. The van der Waals surface area contributed by atoms with Gasteiger partial charge in [0, 0.05) is 49.9 Å². The van der Waals surface area contributed by atoms with Crippen molar-refractivity contribution in [1.82, 2.24) is 9.55 Å². The lowest BCUT2D eigenvalue weighted by Crippen LogP contribution is -1.90. The van der Waals surface area contributed by atoms with E-state index in [2.05, 4.69) is 113 Å². The fourth-order valence-corrected chi connectivity index (χ4v) is 5.54. The highest BCUT2D eigenvalue weighted by Crippen LogP contribution is 2.39. The summed E-state index contributed by atoms with van der Waals surface area (Å²) >= 11 is 0. The Balaban J connectivity index is 1.35. The largest absolute Gasteiger partial charge is 0.455 e. The molecule has 8 aromatic rings. The van der Waals surface area contributed by atoms with Crippen molar-refractivity contribution in [3.05, 3.63) is 115 Å². The third-order valence-corrected chi connectivity index (χ3v) is 7.19. The van der Waals surface area contributed by atoms with Crippen molar-refractivity contribution in [2.45, 2.75) is 0 Å². The number of aromatic nitrogens is 2. The van der Waals surface area contributed by atoms with Crippen molar-refractivity contribution in [1.29, 1.82) is 0 Å². The van der Waals surface area contributed by atoms with E-state index in [1.807, 2.05) is 12.1 Å². The number of H-pyrrole nitrogens is 1. The van der Waals surface area contributed by atoms with Gasteiger partial charge in [-0.2, -0.15) is 0 Å². The molecule has 3 aromatic heterocycles. The molecule has 0 atom stereocenters. The van der Waals surface area contributed by atoms with Crippen LogP contribution in [0.25, 0.3) is 71.5 Å². The normalized spacial score (nSPS) is 12.0. The number of para-hydroxylation sites is 3. The number of nitrogens with one attached hydrogen (secondary N) is 1. The minimum atomic E-state index is 0.924. The predicted molar refractivity (Wildman–Crippen MR) is 145 cm³/mol. The van der Waals surface area contributed by atoms with Crippen LogP contribution >= 0.6 is 0 Å². The molecule has 0 saturated heterocycles. The van der Waals surface area contributed by atoms with Crippen LogP contribution in [0.4, 0.5) is 0 Å². The first kappa shape index (κ1) is 18.6. The smallest absolute Gasteiger partial charge is 0.143 e. The van der Waals surface area contributed by atoms with E-state index in [1.165, 1.54) is 32.9 Å². The van der Waals surface area contributed by atoms with Crippen LogP contribution in [0.1, 0.15) is 0 Å². The number of hydrogen-bond donors (Lipinski definition) is 1. The summed E-state index contributed by atoms with van der Waals surface area (Å²) in [7, 11) is 0. The fourth-order valence-electron chi connectivity index (χ4n) is 5.54. The van der Waals surface area contributed by atoms with Gasteiger partial charge in [0.15, 0.2) is 0 Å². The van der Waals surface area contributed by atoms with E-state index < -0.39 is 0 Å². The number of fused-ring (bicyclic) bond motifs is 8. The summed E-state index contributed by atoms with van der Waals surface area (Å²) in [4.78, 5) is 3.69. The number of furan rings is 1. The minimum Gasteiger partial charge on any atom is -0.455 e. The van der Waals surface area contributed by atoms with Gasteiger partial charge in [0.05, 0.1) is 11.0 Å². The summed E-state index contributed by atoms with van der Waals surface area (Å²) < 4.78 is 8.55. The topological polar surface area (TPSA) is 33.9 Å². The second kappa shape index (κ2) is 6.87. The van der Waals surface area contributed by atoms with Crippen LogP contribution in [0.15, 0.2) is 120 Å². The van der Waals surface area contributed by atoms with Gasteiger partial charge in [0.1, 0.15) is 11.2 Å². The zero-order valence-electron chi connectivity index (χ0n) is 18.8. The SMILES string of the molecule is c1ccc(-n2ccc3c4[nH]c5ccc(-c6cccc7c6oc6ccccc67)cc5c4ccc32)cc1. The van der Waals surface area contributed by atoms with Crippen LogP contribution in [-0.2, 0) is 0 Å². The van der Waals surface area contributed by atoms with E-state index in [4.69, 9.17) is 4.42 Å². The van der Waals surface area contributed by atoms with Gasteiger partial charge in [-0.25, -0.2) is 0 Å². The highest BCUT2D eigenvalue weighted by Gasteiger charge is 2.15. The van der Waals surface area contributed by atoms with Gasteiger partial charge in [-0.1, -0.05) is 66.7 Å². The predicted octanol–water partition coefficient (Wildman–Crippen LogP) is 8.83. The maximum atomic E-state index is 6.31. The summed E-state index contributed by atoms with van der Waals surface area (Å²) in [6.45, 7) is 0. The van der Waals surface area contributed by atoms with E-state index in [9.17, 15) is 0 Å². The van der Waals surface area contributed by atoms with Gasteiger partial charge >= 0.3 is 0 Å². The van der Waals surface area contributed by atoms with Crippen molar-refractivity contribution >= 4 is 54.6 Å². The number of hydrogen-bond acceptors (Lipinski definition) is 1. The standard InChI is InChI=1S/C32H20N2O/c1-2-7-21(8-3-1)34-18-17-26-29(34)16-14-24-27-19-20(13-15-28(27)33-31(24)26)22-10-6-11-25-23-9-4-5-12-30(23)35-32(22)25/h1-19,33H. The molecule has 0 amide bonds. The second-order valence-electron chi connectivity index (χ2n) is 9.11. The lowest BCUT2D eigenvalue weighted by molar-refractivity contribution is 0.670. The molecule has 3 nitrogen and oxygen atoms in total. The Morgan fingerprint density at radius 2 is 1.46 bits per heavy atom. The molecule has 35 heavy (non-hydrogen) atoms. The molecule has 3 heteroatoms. The summed E-state index contributed by atoms with van der Waals surface area (Å²) in [6.07, 6.45) is 2.15. The highest BCUT2D eigenvalue weighted by molar-refractivity contribution is 6.18. The molecule has 0 radical (unpaired) electrons. The van der Waals surface area contributed by atoms with Crippen molar-refractivity contribution in [3.8, 4) is 16.8 Å². The van der Waals surface area contributed by atoms with E-state index in [0.29, 0.717) is 0 Å². The molecule has 0 aliphatic rings. The number of nitrogens with zero attached hydrogens (tertiary/aromatic N) is 1. The highest BCUT2D eigenvalue weighted by atomic mass is 16.3. The van der Waals surface area contributed by atoms with Gasteiger partial charge in [-0.05, 0) is 48.0 Å². The van der Waals surface area contributed by atoms with E-state index in [0.717, 1.165) is 38.6 Å². The first-order chi connectivity index (χ1) is 17.3. The lowest BCUT2D eigenvalue weighted by atomic mass is 10.00. The summed E-state index contributed by atoms with van der Waals surface area (Å²) in [5.41, 5.74) is 8.81. The molecule has 0 fully saturated rings. The first-order valence-electron chi connectivity index (χ1n) is 11.9. The van der Waals surface area contributed by atoms with Crippen molar-refractivity contribution in [2.24, 2.45) is 0 Å². The molecule has 1 N–H and O–H groups in total. The van der Waals surface area contributed by atoms with Gasteiger partial charge in [-0.3, -0.25) is 0 Å². The second-order valence-corrected chi connectivity index (χ2v) is 9.11. The third-order valence-electron chi connectivity index (χ3n) is 7.19. The fraction of sp³-hybridized carbons (Fsp3) is 0. The van der Waals surface area contributed by atoms with Crippen molar-refractivity contribution in [3.63, 3.8) is 0 Å². The molecule has 0 bridgehead atoms. The number of rotatable bonds is 2. The van der Waals surface area contributed by atoms with E-state index in [-0.39, 0.29) is 0 Å². The molecule has 3 heterocycles. The van der Waals surface area contributed by atoms with Gasteiger partial charge < -0.3 is 14.0 Å². The van der Waals surface area contributed by atoms with Gasteiger partial charge in [0.25, 0.3) is 0 Å². The molecule has 164 valence electrons. The van der Waals surface area contributed by atoms with Crippen molar-refractivity contribution < 1.29 is 4.42 Å². The Morgan fingerprint density at radius 3 is 2.40 bits per heavy atom. The molecule has 0 aliphatic heterocycles. The Hall–Kier alpha value is -4.76. The molecule has 0 spiro atoms. The van der Waals surface area contributed by atoms with Crippen LogP contribution < -0.4 is 0 Å². The van der Waals surface area contributed by atoms with Crippen LogP contribution in [0, 0.1) is 0 Å². The van der Waals surface area contributed by atoms with E-state index >= 15 is 0 Å². The molecular weight excluding hydrogens is 428 g/mol. The number of benzene rings is 5. The molecule has 8 rings (SSSR count). The summed E-state index contributed by atoms with van der Waals surface area (Å²) in [5, 5.41) is 5.99. The Labute approximate surface area is 200 Å². The first-order valence-corrected chi connectivity index (χ1v) is 11.9. The Morgan fingerprint density at radius 1 is 0.600 bits per heavy atom. The summed E-state index contributed by atoms with van der Waals surface area (Å²) in [5.74, 6) is 0. The molecule has 0 unspecified atom stereocenters. The van der Waals surface area contributed by atoms with Crippen LogP contribution in [0.2, 0.25) is 0 Å².